The smallest absolute Gasteiger partial charge is 0.148 e. The molecule has 2 rings (SSSR count). The first-order chi connectivity index (χ1) is 9.76. The molecule has 118 valence electrons. The monoisotopic (exact) mass is 291 g/mol. The van der Waals surface area contributed by atoms with Crippen LogP contribution in [0.15, 0.2) is 6.33 Å². The largest absolute Gasteiger partial charge is 0.367 e. The summed E-state index contributed by atoms with van der Waals surface area (Å²) in [5.41, 5.74) is 4.43. The second kappa shape index (κ2) is 5.79. The first kappa shape index (κ1) is 16.0. The topological polar surface area (TPSA) is 75.9 Å². The Morgan fingerprint density at radius 2 is 1.71 bits per heavy atom. The van der Waals surface area contributed by atoms with E-state index in [2.05, 4.69) is 55.3 Å². The lowest BCUT2D eigenvalue weighted by Crippen LogP contribution is -2.40. The molecule has 1 heterocycles. The molecule has 5 nitrogen and oxygen atoms in total. The molecular weight excluding hydrogens is 262 g/mol. The molecule has 0 radical (unpaired) electrons. The van der Waals surface area contributed by atoms with E-state index in [9.17, 15) is 0 Å². The third-order valence-electron chi connectivity index (χ3n) is 4.33. The van der Waals surface area contributed by atoms with E-state index < -0.39 is 0 Å². The predicted octanol–water partition coefficient (Wildman–Crippen LogP) is 3.34. The van der Waals surface area contributed by atoms with Gasteiger partial charge in [0.2, 0.25) is 0 Å². The first-order valence-corrected chi connectivity index (χ1v) is 7.83. The maximum atomic E-state index is 5.55. The first-order valence-electron chi connectivity index (χ1n) is 7.83. The van der Waals surface area contributed by atoms with Crippen molar-refractivity contribution < 1.29 is 0 Å². The molecule has 1 aromatic rings. The fourth-order valence-corrected chi connectivity index (χ4v) is 4.14. The van der Waals surface area contributed by atoms with Crippen LogP contribution in [0.1, 0.15) is 59.4 Å². The molecule has 0 amide bonds. The van der Waals surface area contributed by atoms with Crippen molar-refractivity contribution in [3.05, 3.63) is 11.9 Å². The van der Waals surface area contributed by atoms with E-state index in [-0.39, 0.29) is 0 Å². The fourth-order valence-electron chi connectivity index (χ4n) is 4.14. The summed E-state index contributed by atoms with van der Waals surface area (Å²) >= 11 is 0. The number of anilines is 2. The molecule has 5 heteroatoms. The van der Waals surface area contributed by atoms with Gasteiger partial charge in [0.25, 0.3) is 0 Å². The molecule has 1 aliphatic carbocycles. The van der Waals surface area contributed by atoms with Crippen LogP contribution in [0.5, 0.6) is 0 Å². The van der Waals surface area contributed by atoms with Crippen LogP contribution in [-0.4, -0.2) is 16.0 Å². The minimum Gasteiger partial charge on any atom is -0.367 e. The third-order valence-corrected chi connectivity index (χ3v) is 4.33. The number of hydrogen-bond donors (Lipinski definition) is 3. The summed E-state index contributed by atoms with van der Waals surface area (Å²) in [6, 6.07) is 0.439. The van der Waals surface area contributed by atoms with Crippen LogP contribution in [0.4, 0.5) is 11.6 Å². The number of rotatable bonds is 4. The van der Waals surface area contributed by atoms with E-state index in [1.54, 1.807) is 6.33 Å². The SMILES string of the molecule is CCc1c(NN)ncnc1NC1CC(C)(C)CC(C)(C)C1. The number of aromatic nitrogens is 2. The van der Waals surface area contributed by atoms with Gasteiger partial charge in [0.05, 0.1) is 0 Å². The molecule has 1 aliphatic rings. The Labute approximate surface area is 128 Å². The van der Waals surface area contributed by atoms with Gasteiger partial charge in [0.1, 0.15) is 18.0 Å². The van der Waals surface area contributed by atoms with Gasteiger partial charge in [0, 0.05) is 11.6 Å². The van der Waals surface area contributed by atoms with E-state index in [1.165, 1.54) is 6.42 Å². The van der Waals surface area contributed by atoms with Gasteiger partial charge in [-0.3, -0.25) is 0 Å². The molecule has 4 N–H and O–H groups in total. The van der Waals surface area contributed by atoms with Gasteiger partial charge >= 0.3 is 0 Å². The van der Waals surface area contributed by atoms with Gasteiger partial charge in [-0.1, -0.05) is 34.6 Å². The van der Waals surface area contributed by atoms with Crippen LogP contribution in [0.25, 0.3) is 0 Å². The number of hydrogen-bond acceptors (Lipinski definition) is 5. The Morgan fingerprint density at radius 1 is 1.14 bits per heavy atom. The van der Waals surface area contributed by atoms with Gasteiger partial charge in [-0.15, -0.1) is 0 Å². The zero-order chi connectivity index (χ0) is 15.7. The van der Waals surface area contributed by atoms with Crippen molar-refractivity contribution >= 4 is 11.6 Å². The molecule has 1 saturated carbocycles. The molecule has 0 aromatic carbocycles. The average Bonchev–Trinajstić information content (AvgIpc) is 2.34. The van der Waals surface area contributed by atoms with E-state index in [0.29, 0.717) is 22.7 Å². The van der Waals surface area contributed by atoms with Crippen LogP contribution in [0.2, 0.25) is 0 Å². The van der Waals surface area contributed by atoms with Crippen molar-refractivity contribution in [2.75, 3.05) is 10.7 Å². The molecule has 0 bridgehead atoms. The lowest BCUT2D eigenvalue weighted by Gasteiger charge is -2.45. The summed E-state index contributed by atoms with van der Waals surface area (Å²) in [6.07, 6.45) is 6.00. The summed E-state index contributed by atoms with van der Waals surface area (Å²) in [5.74, 6) is 7.17. The minimum atomic E-state index is 0.355. The molecule has 0 saturated heterocycles. The molecule has 21 heavy (non-hydrogen) atoms. The van der Waals surface area contributed by atoms with E-state index in [0.717, 1.165) is 30.6 Å². The van der Waals surface area contributed by atoms with Gasteiger partial charge in [-0.05, 0) is 36.5 Å². The highest BCUT2D eigenvalue weighted by molar-refractivity contribution is 5.57. The van der Waals surface area contributed by atoms with E-state index >= 15 is 0 Å². The molecule has 0 aliphatic heterocycles. The van der Waals surface area contributed by atoms with Crippen LogP contribution in [0.3, 0.4) is 0 Å². The summed E-state index contributed by atoms with van der Waals surface area (Å²) in [6.45, 7) is 11.5. The predicted molar refractivity (Wildman–Crippen MR) is 88.0 cm³/mol. The normalized spacial score (nSPS) is 21.0. The fraction of sp³-hybridized carbons (Fsp3) is 0.750. The zero-order valence-electron chi connectivity index (χ0n) is 14.0. The van der Waals surface area contributed by atoms with Crippen molar-refractivity contribution in [1.82, 2.24) is 9.97 Å². The van der Waals surface area contributed by atoms with Crippen LogP contribution in [-0.2, 0) is 6.42 Å². The molecule has 1 fully saturated rings. The maximum Gasteiger partial charge on any atom is 0.148 e. The van der Waals surface area contributed by atoms with Gasteiger partial charge in [-0.2, -0.15) is 0 Å². The Morgan fingerprint density at radius 3 is 2.24 bits per heavy atom. The average molecular weight is 291 g/mol. The molecule has 0 unspecified atom stereocenters. The molecule has 1 aromatic heterocycles. The van der Waals surface area contributed by atoms with Crippen LogP contribution >= 0.6 is 0 Å². The van der Waals surface area contributed by atoms with Crippen LogP contribution in [0, 0.1) is 10.8 Å². The van der Waals surface area contributed by atoms with Gasteiger partial charge in [0.15, 0.2) is 0 Å². The van der Waals surface area contributed by atoms with Gasteiger partial charge < -0.3 is 10.7 Å². The minimum absolute atomic E-state index is 0.355. The Kier molecular flexibility index (Phi) is 4.42. The lowest BCUT2D eigenvalue weighted by atomic mass is 9.63. The zero-order valence-corrected chi connectivity index (χ0v) is 14.0. The number of nitrogens with one attached hydrogen (secondary N) is 2. The Balaban J connectivity index is 2.22. The van der Waals surface area contributed by atoms with Crippen LogP contribution < -0.4 is 16.6 Å². The number of hydrazine groups is 1. The van der Waals surface area contributed by atoms with E-state index in [4.69, 9.17) is 5.84 Å². The summed E-state index contributed by atoms with van der Waals surface area (Å²) in [5, 5.41) is 3.64. The number of nitrogens with zero attached hydrogens (tertiary/aromatic N) is 2. The quantitative estimate of drug-likeness (QED) is 0.586. The second-order valence-corrected chi connectivity index (χ2v) is 7.80. The van der Waals surface area contributed by atoms with Crippen molar-refractivity contribution in [3.63, 3.8) is 0 Å². The highest BCUT2D eigenvalue weighted by atomic mass is 15.3. The van der Waals surface area contributed by atoms with Crippen molar-refractivity contribution in [1.29, 1.82) is 0 Å². The maximum absolute atomic E-state index is 5.55. The molecular formula is C16H29N5. The summed E-state index contributed by atoms with van der Waals surface area (Å²) in [7, 11) is 0. The standard InChI is InChI=1S/C16H29N5/c1-6-12-13(18-10-19-14(12)21-17)20-11-7-15(2,3)9-16(4,5)8-11/h10-11H,6-9,17H2,1-5H3,(H2,18,19,20,21). The van der Waals surface area contributed by atoms with Crippen molar-refractivity contribution in [2.45, 2.75) is 66.3 Å². The van der Waals surface area contributed by atoms with Gasteiger partial charge in [-0.25, -0.2) is 15.8 Å². The van der Waals surface area contributed by atoms with Crippen molar-refractivity contribution in [3.8, 4) is 0 Å². The highest BCUT2D eigenvalue weighted by Crippen LogP contribution is 2.46. The third kappa shape index (κ3) is 3.84. The van der Waals surface area contributed by atoms with E-state index in [1.807, 2.05) is 0 Å². The second-order valence-electron chi connectivity index (χ2n) is 7.80. The van der Waals surface area contributed by atoms with Crippen molar-refractivity contribution in [2.24, 2.45) is 16.7 Å². The number of nitrogens with two attached hydrogens (primary N) is 1. The lowest BCUT2D eigenvalue weighted by molar-refractivity contribution is 0.105. The molecule has 0 spiro atoms. The molecule has 0 atom stereocenters. The number of nitrogen functional groups attached to an aromatic ring is 1. The Bertz CT molecular complexity index is 479. The summed E-state index contributed by atoms with van der Waals surface area (Å²) in [4.78, 5) is 8.62. The Hall–Kier alpha value is -1.36. The highest BCUT2D eigenvalue weighted by Gasteiger charge is 2.38. The summed E-state index contributed by atoms with van der Waals surface area (Å²) < 4.78 is 0.